The van der Waals surface area contributed by atoms with Gasteiger partial charge in [-0.3, -0.25) is 0 Å². The molecule has 2 aromatic heterocycles. The van der Waals surface area contributed by atoms with E-state index in [0.717, 1.165) is 6.42 Å². The third-order valence-corrected chi connectivity index (χ3v) is 3.54. The van der Waals surface area contributed by atoms with E-state index in [1.165, 1.54) is 16.0 Å². The zero-order valence-corrected chi connectivity index (χ0v) is 8.47. The smallest absolute Gasteiger partial charge is 0.0477 e. The minimum Gasteiger partial charge on any atom is -0.149 e. The van der Waals surface area contributed by atoms with Crippen LogP contribution < -0.4 is 0 Å². The van der Waals surface area contributed by atoms with Crippen molar-refractivity contribution in [1.82, 2.24) is 0 Å². The number of aryl methyl sites for hydroxylation is 1. The molecule has 0 saturated carbocycles. The minimum absolute atomic E-state index is 1.07. The van der Waals surface area contributed by atoms with E-state index in [1.54, 1.807) is 11.3 Å². The van der Waals surface area contributed by atoms with Crippen LogP contribution in [0.4, 0.5) is 0 Å². The monoisotopic (exact) mass is 193 g/mol. The first-order chi connectivity index (χ1) is 5.86. The molecule has 0 bridgehead atoms. The second kappa shape index (κ2) is 3.42. The van der Waals surface area contributed by atoms with E-state index < -0.39 is 0 Å². The van der Waals surface area contributed by atoms with Crippen LogP contribution in [-0.2, 0) is 6.42 Å². The van der Waals surface area contributed by atoms with E-state index in [4.69, 9.17) is 0 Å². The summed E-state index contributed by atoms with van der Waals surface area (Å²) in [5, 5.41) is 7.54. The first-order valence-corrected chi connectivity index (χ1v) is 5.59. The Labute approximate surface area is 80.5 Å². The maximum atomic E-state index is 3.23. The van der Waals surface area contributed by atoms with Gasteiger partial charge in [-0.15, -0.1) is 22.7 Å². The second-order valence-electron chi connectivity index (χ2n) is 2.74. The van der Waals surface area contributed by atoms with Crippen molar-refractivity contribution in [2.24, 2.45) is 0 Å². The summed E-state index contributed by atoms with van der Waals surface area (Å²) in [6, 6.07) is 4.28. The molecule has 0 aromatic carbocycles. The van der Waals surface area contributed by atoms with Gasteiger partial charge in [-0.2, -0.15) is 0 Å². The molecular formula is C10H9S2. The molecule has 0 fully saturated rings. The third kappa shape index (κ3) is 1.59. The maximum Gasteiger partial charge on any atom is 0.0477 e. The molecule has 0 N–H and O–H groups in total. The van der Waals surface area contributed by atoms with Crippen molar-refractivity contribution in [2.75, 3.05) is 0 Å². The van der Waals surface area contributed by atoms with Crippen LogP contribution >= 0.6 is 22.7 Å². The summed E-state index contributed by atoms with van der Waals surface area (Å²) in [4.78, 5) is 1.44. The minimum atomic E-state index is 1.07. The van der Waals surface area contributed by atoms with Crippen molar-refractivity contribution < 1.29 is 0 Å². The van der Waals surface area contributed by atoms with Crippen LogP contribution in [0, 0.1) is 12.3 Å². The van der Waals surface area contributed by atoms with Crippen LogP contribution in [0.1, 0.15) is 16.0 Å². The lowest BCUT2D eigenvalue weighted by Crippen LogP contribution is -1.82. The molecule has 12 heavy (non-hydrogen) atoms. The lowest BCUT2D eigenvalue weighted by molar-refractivity contribution is 1.22. The third-order valence-electron chi connectivity index (χ3n) is 1.84. The van der Waals surface area contributed by atoms with E-state index >= 15 is 0 Å². The first kappa shape index (κ1) is 8.02. The van der Waals surface area contributed by atoms with Crippen LogP contribution in [0.2, 0.25) is 0 Å². The lowest BCUT2D eigenvalue weighted by Gasteiger charge is -1.95. The molecule has 0 aliphatic heterocycles. The van der Waals surface area contributed by atoms with E-state index in [1.807, 2.05) is 11.3 Å². The van der Waals surface area contributed by atoms with Gasteiger partial charge in [0.05, 0.1) is 0 Å². The van der Waals surface area contributed by atoms with Gasteiger partial charge in [0.15, 0.2) is 0 Å². The van der Waals surface area contributed by atoms with Gasteiger partial charge in [-0.05, 0) is 34.9 Å². The van der Waals surface area contributed by atoms with Gasteiger partial charge in [0.25, 0.3) is 0 Å². The lowest BCUT2D eigenvalue weighted by atomic mass is 10.1. The highest BCUT2D eigenvalue weighted by Gasteiger charge is 2.01. The van der Waals surface area contributed by atoms with Crippen molar-refractivity contribution in [1.29, 1.82) is 0 Å². The Morgan fingerprint density at radius 1 is 1.50 bits per heavy atom. The molecule has 0 aliphatic rings. The Hall–Kier alpha value is -0.600. The van der Waals surface area contributed by atoms with E-state index in [-0.39, 0.29) is 0 Å². The molecule has 0 nitrogen and oxygen atoms in total. The molecule has 2 rings (SSSR count). The fourth-order valence-corrected chi connectivity index (χ4v) is 2.62. The molecule has 61 valence electrons. The summed E-state index contributed by atoms with van der Waals surface area (Å²) in [7, 11) is 0. The summed E-state index contributed by atoms with van der Waals surface area (Å²) < 4.78 is 0. The Morgan fingerprint density at radius 2 is 2.42 bits per heavy atom. The van der Waals surface area contributed by atoms with Crippen LogP contribution in [0.3, 0.4) is 0 Å². The predicted octanol–water partition coefficient (Wildman–Crippen LogP) is 3.51. The molecule has 0 unspecified atom stereocenters. The second-order valence-corrected chi connectivity index (χ2v) is 4.45. The molecule has 1 radical (unpaired) electrons. The van der Waals surface area contributed by atoms with Gasteiger partial charge < -0.3 is 0 Å². The Morgan fingerprint density at radius 3 is 3.00 bits per heavy atom. The first-order valence-electron chi connectivity index (χ1n) is 3.83. The normalized spacial score (nSPS) is 10.4. The maximum absolute atomic E-state index is 3.23. The average molecular weight is 193 g/mol. The Kier molecular flexibility index (Phi) is 2.28. The SMILES string of the molecule is Cc1[c]scc1Cc1cccs1. The van der Waals surface area contributed by atoms with Crippen molar-refractivity contribution in [2.45, 2.75) is 13.3 Å². The number of hydrogen-bond donors (Lipinski definition) is 0. The summed E-state index contributed by atoms with van der Waals surface area (Å²) in [6.07, 6.45) is 1.07. The molecule has 0 aliphatic carbocycles. The summed E-state index contributed by atoms with van der Waals surface area (Å²) in [6.45, 7) is 2.12. The highest BCUT2D eigenvalue weighted by Crippen LogP contribution is 2.19. The van der Waals surface area contributed by atoms with Gasteiger partial charge in [0.2, 0.25) is 0 Å². The van der Waals surface area contributed by atoms with Gasteiger partial charge in [-0.1, -0.05) is 6.07 Å². The van der Waals surface area contributed by atoms with Crippen molar-refractivity contribution in [3.05, 3.63) is 44.3 Å². The summed E-state index contributed by atoms with van der Waals surface area (Å²) in [5.41, 5.74) is 2.72. The zero-order chi connectivity index (χ0) is 8.39. The van der Waals surface area contributed by atoms with Gasteiger partial charge in [0.1, 0.15) is 0 Å². The number of hydrogen-bond acceptors (Lipinski definition) is 2. The Bertz CT molecular complexity index is 344. The van der Waals surface area contributed by atoms with Crippen LogP contribution in [0.5, 0.6) is 0 Å². The van der Waals surface area contributed by atoms with Crippen molar-refractivity contribution >= 4 is 22.7 Å². The molecule has 0 spiro atoms. The number of thiophene rings is 2. The molecule has 2 aromatic rings. The molecule has 0 amide bonds. The molecule has 2 heterocycles. The molecule has 0 atom stereocenters. The van der Waals surface area contributed by atoms with Crippen molar-refractivity contribution in [3.8, 4) is 0 Å². The largest absolute Gasteiger partial charge is 0.149 e. The topological polar surface area (TPSA) is 0 Å². The number of rotatable bonds is 2. The molecular weight excluding hydrogens is 184 g/mol. The summed E-state index contributed by atoms with van der Waals surface area (Å²) in [5.74, 6) is 0. The van der Waals surface area contributed by atoms with Crippen LogP contribution in [0.15, 0.2) is 22.9 Å². The van der Waals surface area contributed by atoms with Crippen LogP contribution in [0.25, 0.3) is 0 Å². The molecule has 0 saturated heterocycles. The van der Waals surface area contributed by atoms with E-state index in [9.17, 15) is 0 Å². The average Bonchev–Trinajstić information content (AvgIpc) is 2.65. The van der Waals surface area contributed by atoms with Crippen molar-refractivity contribution in [3.63, 3.8) is 0 Å². The molecule has 2 heteroatoms. The standard InChI is InChI=1S/C10H9S2/c1-8-6-11-7-9(8)5-10-3-2-4-12-10/h2-4,7H,5H2,1H3. The highest BCUT2D eigenvalue weighted by molar-refractivity contribution is 7.10. The predicted molar refractivity (Wildman–Crippen MR) is 55.0 cm³/mol. The van der Waals surface area contributed by atoms with Gasteiger partial charge in [0, 0.05) is 16.7 Å². The fourth-order valence-electron chi connectivity index (χ4n) is 1.12. The quantitative estimate of drug-likeness (QED) is 0.684. The highest BCUT2D eigenvalue weighted by atomic mass is 32.1. The van der Waals surface area contributed by atoms with Gasteiger partial charge >= 0.3 is 0 Å². The zero-order valence-electron chi connectivity index (χ0n) is 6.83. The van der Waals surface area contributed by atoms with Crippen LogP contribution in [-0.4, -0.2) is 0 Å². The Balaban J connectivity index is 2.20. The van der Waals surface area contributed by atoms with E-state index in [0.29, 0.717) is 0 Å². The van der Waals surface area contributed by atoms with E-state index in [2.05, 4.69) is 35.2 Å². The fraction of sp³-hybridized carbons (Fsp3) is 0.200. The summed E-state index contributed by atoms with van der Waals surface area (Å²) >= 11 is 3.49. The van der Waals surface area contributed by atoms with Gasteiger partial charge in [-0.25, -0.2) is 0 Å².